The third kappa shape index (κ3) is 3.27. The number of rotatable bonds is 4. The number of carbonyl (C=O) groups excluding carboxylic acids is 3. The van der Waals surface area contributed by atoms with Crippen LogP contribution in [-0.2, 0) is 9.59 Å². The van der Waals surface area contributed by atoms with E-state index in [1.54, 1.807) is 41.5 Å². The van der Waals surface area contributed by atoms with E-state index in [-0.39, 0.29) is 46.1 Å². The van der Waals surface area contributed by atoms with Gasteiger partial charge in [0.25, 0.3) is 0 Å². The Labute approximate surface area is 183 Å². The minimum Gasteiger partial charge on any atom is -0.507 e. The fourth-order valence-electron chi connectivity index (χ4n) is 4.82. The quantitative estimate of drug-likeness (QED) is 0.522. The predicted molar refractivity (Wildman–Crippen MR) is 116 cm³/mol. The van der Waals surface area contributed by atoms with Gasteiger partial charge in [-0.1, -0.05) is 27.7 Å². The Kier molecular flexibility index (Phi) is 5.36. The van der Waals surface area contributed by atoms with Crippen molar-refractivity contribution in [1.29, 1.82) is 0 Å². The first-order valence-electron chi connectivity index (χ1n) is 10.8. The average Bonchev–Trinajstić information content (AvgIpc) is 2.64. The summed E-state index contributed by atoms with van der Waals surface area (Å²) in [5.74, 6) is -2.11. The van der Waals surface area contributed by atoms with Crippen LogP contribution in [0.2, 0.25) is 0 Å². The number of hydrogen-bond acceptors (Lipinski definition) is 6. The Bertz CT molecular complexity index is 1020. The van der Waals surface area contributed by atoms with Crippen molar-refractivity contribution in [3.8, 4) is 17.2 Å². The van der Waals surface area contributed by atoms with E-state index in [2.05, 4.69) is 0 Å². The molecule has 0 fully saturated rings. The molecule has 0 aromatic heterocycles. The fraction of sp³-hybridized carbons (Fsp3) is 0.560. The number of hydrogen-bond donors (Lipinski definition) is 2. The molecular formula is C25H32O6. The first-order valence-corrected chi connectivity index (χ1v) is 10.8. The normalized spacial score (nSPS) is 21.8. The lowest BCUT2D eigenvalue weighted by molar-refractivity contribution is -0.144. The van der Waals surface area contributed by atoms with E-state index in [9.17, 15) is 24.6 Å². The van der Waals surface area contributed by atoms with E-state index >= 15 is 0 Å². The summed E-state index contributed by atoms with van der Waals surface area (Å²) in [4.78, 5) is 39.4. The number of ether oxygens (including phenoxy) is 1. The molecule has 1 aromatic carbocycles. The van der Waals surface area contributed by atoms with Crippen molar-refractivity contribution >= 4 is 17.3 Å². The summed E-state index contributed by atoms with van der Waals surface area (Å²) in [6.07, 6.45) is 0.509. The number of carbonyl (C=O) groups is 3. The third-order valence-electron chi connectivity index (χ3n) is 6.43. The maximum absolute atomic E-state index is 13.5. The molecule has 1 aromatic rings. The lowest BCUT2D eigenvalue weighted by Gasteiger charge is -2.45. The first-order chi connectivity index (χ1) is 14.1. The zero-order chi connectivity index (χ0) is 23.6. The summed E-state index contributed by atoms with van der Waals surface area (Å²) in [5, 5.41) is 21.7. The third-order valence-corrected chi connectivity index (χ3v) is 6.43. The molecule has 31 heavy (non-hydrogen) atoms. The molecule has 1 heterocycles. The second-order valence-corrected chi connectivity index (χ2v) is 10.5. The smallest absolute Gasteiger partial charge is 0.175 e. The highest BCUT2D eigenvalue weighted by atomic mass is 16.5. The van der Waals surface area contributed by atoms with Crippen LogP contribution in [0.5, 0.6) is 17.2 Å². The molecule has 1 atom stereocenters. The van der Waals surface area contributed by atoms with Gasteiger partial charge >= 0.3 is 0 Å². The van der Waals surface area contributed by atoms with Crippen LogP contribution in [0.1, 0.15) is 83.7 Å². The number of phenols is 2. The largest absolute Gasteiger partial charge is 0.507 e. The van der Waals surface area contributed by atoms with Crippen LogP contribution in [0, 0.1) is 22.7 Å². The van der Waals surface area contributed by atoms with Gasteiger partial charge in [0, 0.05) is 29.0 Å². The van der Waals surface area contributed by atoms with Crippen molar-refractivity contribution in [2.24, 2.45) is 22.7 Å². The van der Waals surface area contributed by atoms with Crippen molar-refractivity contribution in [3.05, 3.63) is 28.5 Å². The van der Waals surface area contributed by atoms with Crippen molar-refractivity contribution < 1.29 is 29.3 Å². The van der Waals surface area contributed by atoms with Gasteiger partial charge in [-0.3, -0.25) is 14.4 Å². The number of benzene rings is 1. The molecule has 1 aliphatic heterocycles. The van der Waals surface area contributed by atoms with Crippen LogP contribution in [0.15, 0.2) is 17.4 Å². The summed E-state index contributed by atoms with van der Waals surface area (Å²) in [6, 6.07) is 1.31. The van der Waals surface area contributed by atoms with E-state index in [0.717, 1.165) is 0 Å². The molecule has 6 heteroatoms. The predicted octanol–water partition coefficient (Wildman–Crippen LogP) is 4.92. The lowest BCUT2D eigenvalue weighted by Crippen LogP contribution is -2.51. The molecular weight excluding hydrogens is 396 g/mol. The lowest BCUT2D eigenvalue weighted by atomic mass is 9.59. The van der Waals surface area contributed by atoms with Crippen LogP contribution in [-0.4, -0.2) is 27.6 Å². The Morgan fingerprint density at radius 2 is 1.65 bits per heavy atom. The van der Waals surface area contributed by atoms with Gasteiger partial charge in [-0.05, 0) is 40.0 Å². The van der Waals surface area contributed by atoms with Crippen molar-refractivity contribution in [3.63, 3.8) is 0 Å². The standard InChI is InChI=1S/C25H32O6/c1-11(2)9-13-16-15(10-14(26)18(20(16)28)19(27)12(3)4)31-22-17(13)21(29)24(5,6)23(30)25(22,7)8/h10-13,26,28H,9H2,1-8H3. The van der Waals surface area contributed by atoms with Crippen molar-refractivity contribution in [2.45, 2.75) is 67.7 Å². The van der Waals surface area contributed by atoms with Gasteiger partial charge in [-0.25, -0.2) is 0 Å². The maximum Gasteiger partial charge on any atom is 0.175 e. The van der Waals surface area contributed by atoms with E-state index in [1.807, 2.05) is 13.8 Å². The number of aromatic hydroxyl groups is 2. The first kappa shape index (κ1) is 23.0. The maximum atomic E-state index is 13.5. The molecule has 2 N–H and O–H groups in total. The zero-order valence-electron chi connectivity index (χ0n) is 19.5. The summed E-state index contributed by atoms with van der Waals surface area (Å²) >= 11 is 0. The minimum absolute atomic E-state index is 0.152. The second kappa shape index (κ2) is 7.21. The summed E-state index contributed by atoms with van der Waals surface area (Å²) in [7, 11) is 0. The number of phenolic OH excluding ortho intramolecular Hbond substituents is 2. The van der Waals surface area contributed by atoms with Gasteiger partial charge in [-0.15, -0.1) is 0 Å². The highest BCUT2D eigenvalue weighted by Gasteiger charge is 2.57. The van der Waals surface area contributed by atoms with Crippen LogP contribution < -0.4 is 4.74 Å². The number of ketones is 3. The monoisotopic (exact) mass is 428 g/mol. The highest BCUT2D eigenvalue weighted by molar-refractivity contribution is 6.20. The molecule has 0 spiro atoms. The Balaban J connectivity index is 2.37. The van der Waals surface area contributed by atoms with Crippen LogP contribution in [0.4, 0.5) is 0 Å². The molecule has 1 unspecified atom stereocenters. The topological polar surface area (TPSA) is 101 Å². The molecule has 0 radical (unpaired) electrons. The Morgan fingerprint density at radius 1 is 1.06 bits per heavy atom. The van der Waals surface area contributed by atoms with Gasteiger partial charge in [0.05, 0.1) is 10.8 Å². The van der Waals surface area contributed by atoms with Gasteiger partial charge in [0.2, 0.25) is 0 Å². The van der Waals surface area contributed by atoms with E-state index < -0.39 is 28.4 Å². The van der Waals surface area contributed by atoms with Crippen LogP contribution >= 0.6 is 0 Å². The molecule has 0 saturated carbocycles. The fourth-order valence-corrected chi connectivity index (χ4v) is 4.82. The van der Waals surface area contributed by atoms with Gasteiger partial charge in [-0.2, -0.15) is 0 Å². The van der Waals surface area contributed by atoms with Gasteiger partial charge in [0.1, 0.15) is 28.6 Å². The molecule has 168 valence electrons. The molecule has 3 rings (SSSR count). The Hall–Kier alpha value is -2.63. The van der Waals surface area contributed by atoms with Crippen LogP contribution in [0.3, 0.4) is 0 Å². The van der Waals surface area contributed by atoms with E-state index in [4.69, 9.17) is 4.74 Å². The van der Waals surface area contributed by atoms with Gasteiger partial charge < -0.3 is 14.9 Å². The molecule has 6 nitrogen and oxygen atoms in total. The number of allylic oxidation sites excluding steroid dienone is 2. The summed E-state index contributed by atoms with van der Waals surface area (Å²) in [6.45, 7) is 14.1. The minimum atomic E-state index is -1.23. The number of fused-ring (bicyclic) bond motifs is 1. The zero-order valence-corrected chi connectivity index (χ0v) is 19.5. The molecule has 0 saturated heterocycles. The highest BCUT2D eigenvalue weighted by Crippen LogP contribution is 2.57. The summed E-state index contributed by atoms with van der Waals surface area (Å²) < 4.78 is 6.06. The second-order valence-electron chi connectivity index (χ2n) is 10.5. The average molecular weight is 429 g/mol. The van der Waals surface area contributed by atoms with Crippen molar-refractivity contribution in [2.75, 3.05) is 0 Å². The SMILES string of the molecule is CC(C)CC1C2=C(Oc3cc(O)c(C(=O)C(C)C)c(O)c31)C(C)(C)C(=O)C(C)(C)C2=O. The van der Waals surface area contributed by atoms with E-state index in [1.165, 1.54) is 6.07 Å². The Morgan fingerprint density at radius 3 is 2.16 bits per heavy atom. The summed E-state index contributed by atoms with van der Waals surface area (Å²) in [5.41, 5.74) is -1.75. The van der Waals surface area contributed by atoms with Crippen LogP contribution in [0.25, 0.3) is 0 Å². The van der Waals surface area contributed by atoms with Crippen molar-refractivity contribution in [1.82, 2.24) is 0 Å². The molecule has 1 aliphatic carbocycles. The molecule has 0 bridgehead atoms. The van der Waals surface area contributed by atoms with Gasteiger partial charge in [0.15, 0.2) is 17.3 Å². The molecule has 2 aliphatic rings. The number of Topliss-reactive ketones (excluding diaryl/α,β-unsaturated/α-hetero) is 3. The molecule has 0 amide bonds. The van der Waals surface area contributed by atoms with E-state index in [0.29, 0.717) is 17.6 Å².